The van der Waals surface area contributed by atoms with Gasteiger partial charge in [-0.3, -0.25) is 4.79 Å². The van der Waals surface area contributed by atoms with Gasteiger partial charge in [0.05, 0.1) is 0 Å². The van der Waals surface area contributed by atoms with Crippen molar-refractivity contribution in [3.8, 4) is 0 Å². The Morgan fingerprint density at radius 2 is 1.70 bits per heavy atom. The number of rotatable bonds is 4. The lowest BCUT2D eigenvalue weighted by Crippen LogP contribution is -2.50. The Morgan fingerprint density at radius 1 is 1.00 bits per heavy atom. The average molecular weight is 318 g/mol. The molecule has 3 heterocycles. The summed E-state index contributed by atoms with van der Waals surface area (Å²) in [6.45, 7) is 4.84. The molecule has 3 rings (SSSR count). The molecule has 0 aromatic carbocycles. The molecule has 0 spiro atoms. The van der Waals surface area contributed by atoms with E-state index in [0.29, 0.717) is 32.0 Å². The summed E-state index contributed by atoms with van der Waals surface area (Å²) in [5.41, 5.74) is 0. The van der Waals surface area contributed by atoms with Crippen LogP contribution in [0.2, 0.25) is 0 Å². The smallest absolute Gasteiger partial charge is 0.317 e. The van der Waals surface area contributed by atoms with E-state index >= 15 is 0 Å². The average Bonchev–Trinajstić information content (AvgIpc) is 2.54. The Morgan fingerprint density at radius 3 is 2.30 bits per heavy atom. The zero-order chi connectivity index (χ0) is 16.1. The Kier molecular flexibility index (Phi) is 4.89. The van der Waals surface area contributed by atoms with Crippen molar-refractivity contribution in [2.75, 3.05) is 50.7 Å². The van der Waals surface area contributed by atoms with Crippen LogP contribution in [0.3, 0.4) is 0 Å². The molecule has 2 saturated heterocycles. The molecule has 0 bridgehead atoms. The van der Waals surface area contributed by atoms with Crippen molar-refractivity contribution in [2.24, 2.45) is 0 Å². The van der Waals surface area contributed by atoms with Crippen LogP contribution in [0.4, 0.5) is 10.7 Å². The number of nitrogens with zero attached hydrogens (tertiary/aromatic N) is 5. The molecule has 1 aromatic rings. The van der Waals surface area contributed by atoms with Crippen molar-refractivity contribution >= 4 is 17.9 Å². The van der Waals surface area contributed by atoms with Gasteiger partial charge in [0.1, 0.15) is 0 Å². The molecule has 1 aromatic heterocycles. The summed E-state index contributed by atoms with van der Waals surface area (Å²) in [7, 11) is 0. The van der Waals surface area contributed by atoms with E-state index in [2.05, 4.69) is 20.2 Å². The lowest BCUT2D eigenvalue weighted by molar-refractivity contribution is -0.131. The molecule has 2 fully saturated rings. The topological polar surface area (TPSA) is 81.7 Å². The van der Waals surface area contributed by atoms with Gasteiger partial charge >= 0.3 is 6.03 Å². The first-order valence-electron chi connectivity index (χ1n) is 8.06. The number of urea groups is 1. The maximum atomic E-state index is 12.2. The van der Waals surface area contributed by atoms with Crippen LogP contribution in [-0.2, 0) is 4.79 Å². The fourth-order valence-corrected chi connectivity index (χ4v) is 2.68. The fraction of sp³-hybridized carbons (Fsp3) is 0.600. The highest BCUT2D eigenvalue weighted by Gasteiger charge is 2.23. The van der Waals surface area contributed by atoms with Gasteiger partial charge in [-0.1, -0.05) is 0 Å². The van der Waals surface area contributed by atoms with Crippen LogP contribution in [0.5, 0.6) is 0 Å². The first kappa shape index (κ1) is 15.5. The van der Waals surface area contributed by atoms with Crippen molar-refractivity contribution in [1.29, 1.82) is 0 Å². The molecule has 0 radical (unpaired) electrons. The second kappa shape index (κ2) is 7.26. The van der Waals surface area contributed by atoms with E-state index in [1.807, 2.05) is 4.90 Å². The number of carbonyl (C=O) groups excluding carboxylic acids is 2. The standard InChI is InChI=1S/C15H22N6O2/c22-13(3-6-18-15(23)21-7-2-8-21)19-9-11-20(12-10-19)14-16-4-1-5-17-14/h1,4-5H,2-3,6-12H2,(H,18,23). The van der Waals surface area contributed by atoms with Crippen LogP contribution in [-0.4, -0.2) is 77.5 Å². The second-order valence-electron chi connectivity index (χ2n) is 5.74. The largest absolute Gasteiger partial charge is 0.339 e. The van der Waals surface area contributed by atoms with Crippen molar-refractivity contribution in [1.82, 2.24) is 25.1 Å². The van der Waals surface area contributed by atoms with Gasteiger partial charge in [0.15, 0.2) is 0 Å². The maximum absolute atomic E-state index is 12.2. The molecule has 0 saturated carbocycles. The van der Waals surface area contributed by atoms with E-state index in [1.165, 1.54) is 0 Å². The lowest BCUT2D eigenvalue weighted by Gasteiger charge is -2.35. The van der Waals surface area contributed by atoms with Crippen molar-refractivity contribution in [2.45, 2.75) is 12.8 Å². The van der Waals surface area contributed by atoms with Gasteiger partial charge in [0.2, 0.25) is 11.9 Å². The predicted octanol–water partition coefficient (Wildman–Crippen LogP) is -0.0694. The highest BCUT2D eigenvalue weighted by atomic mass is 16.2. The van der Waals surface area contributed by atoms with Gasteiger partial charge < -0.3 is 20.0 Å². The minimum Gasteiger partial charge on any atom is -0.339 e. The number of piperazine rings is 1. The molecule has 8 heteroatoms. The summed E-state index contributed by atoms with van der Waals surface area (Å²) in [5.74, 6) is 0.795. The van der Waals surface area contributed by atoms with Crippen molar-refractivity contribution in [3.63, 3.8) is 0 Å². The van der Waals surface area contributed by atoms with Crippen LogP contribution in [0.1, 0.15) is 12.8 Å². The number of carbonyl (C=O) groups is 2. The van der Waals surface area contributed by atoms with Crippen LogP contribution in [0.15, 0.2) is 18.5 Å². The van der Waals surface area contributed by atoms with Crippen molar-refractivity contribution in [3.05, 3.63) is 18.5 Å². The summed E-state index contributed by atoms with van der Waals surface area (Å²) in [6, 6.07) is 1.73. The predicted molar refractivity (Wildman–Crippen MR) is 85.0 cm³/mol. The van der Waals surface area contributed by atoms with Crippen LogP contribution in [0.25, 0.3) is 0 Å². The molecule has 0 aliphatic carbocycles. The van der Waals surface area contributed by atoms with E-state index in [-0.39, 0.29) is 11.9 Å². The molecule has 8 nitrogen and oxygen atoms in total. The van der Waals surface area contributed by atoms with Crippen LogP contribution < -0.4 is 10.2 Å². The number of likely N-dealkylation sites (tertiary alicyclic amines) is 1. The molecule has 0 atom stereocenters. The van der Waals surface area contributed by atoms with Gasteiger partial charge in [0, 0.05) is 64.6 Å². The molecule has 1 N–H and O–H groups in total. The molecular weight excluding hydrogens is 296 g/mol. The van der Waals surface area contributed by atoms with Crippen molar-refractivity contribution < 1.29 is 9.59 Å². The Bertz CT molecular complexity index is 540. The number of amides is 3. The summed E-state index contributed by atoms with van der Waals surface area (Å²) < 4.78 is 0. The van der Waals surface area contributed by atoms with Crippen LogP contribution >= 0.6 is 0 Å². The number of nitrogens with one attached hydrogen (secondary N) is 1. The highest BCUT2D eigenvalue weighted by molar-refractivity contribution is 5.78. The number of aromatic nitrogens is 2. The zero-order valence-electron chi connectivity index (χ0n) is 13.1. The highest BCUT2D eigenvalue weighted by Crippen LogP contribution is 2.10. The SMILES string of the molecule is O=C(CCNC(=O)N1CCC1)N1CCN(c2ncccn2)CC1. The Labute approximate surface area is 135 Å². The summed E-state index contributed by atoms with van der Waals surface area (Å²) >= 11 is 0. The Hall–Kier alpha value is -2.38. The minimum atomic E-state index is -0.0601. The monoisotopic (exact) mass is 318 g/mol. The molecule has 23 heavy (non-hydrogen) atoms. The molecule has 124 valence electrons. The third-order valence-corrected chi connectivity index (χ3v) is 4.23. The zero-order valence-corrected chi connectivity index (χ0v) is 13.1. The van der Waals surface area contributed by atoms with Gasteiger partial charge in [-0.2, -0.15) is 0 Å². The van der Waals surface area contributed by atoms with Crippen LogP contribution in [0, 0.1) is 0 Å². The summed E-state index contributed by atoms with van der Waals surface area (Å²) in [6.07, 6.45) is 4.87. The molecule has 2 aliphatic rings. The molecular formula is C15H22N6O2. The summed E-state index contributed by atoms with van der Waals surface area (Å²) in [5, 5.41) is 2.80. The number of anilines is 1. The molecule has 2 aliphatic heterocycles. The number of hydrogen-bond donors (Lipinski definition) is 1. The first-order valence-corrected chi connectivity index (χ1v) is 8.06. The van der Waals surface area contributed by atoms with E-state index < -0.39 is 0 Å². The van der Waals surface area contributed by atoms with Gasteiger partial charge in [-0.25, -0.2) is 14.8 Å². The van der Waals surface area contributed by atoms with Gasteiger partial charge in [-0.05, 0) is 12.5 Å². The number of hydrogen-bond acceptors (Lipinski definition) is 5. The van der Waals surface area contributed by atoms with Gasteiger partial charge in [0.25, 0.3) is 0 Å². The van der Waals surface area contributed by atoms with E-state index in [0.717, 1.165) is 32.6 Å². The van der Waals surface area contributed by atoms with E-state index in [4.69, 9.17) is 0 Å². The lowest BCUT2D eigenvalue weighted by atomic mass is 10.2. The first-order chi connectivity index (χ1) is 11.2. The Balaban J connectivity index is 1.37. The normalized spacial score (nSPS) is 17.7. The second-order valence-corrected chi connectivity index (χ2v) is 5.74. The minimum absolute atomic E-state index is 0.0601. The molecule has 3 amide bonds. The third kappa shape index (κ3) is 3.88. The summed E-state index contributed by atoms with van der Waals surface area (Å²) in [4.78, 5) is 38.0. The fourth-order valence-electron chi connectivity index (χ4n) is 2.68. The van der Waals surface area contributed by atoms with Gasteiger partial charge in [-0.15, -0.1) is 0 Å². The van der Waals surface area contributed by atoms with E-state index in [1.54, 1.807) is 23.4 Å². The van der Waals surface area contributed by atoms with E-state index in [9.17, 15) is 9.59 Å². The third-order valence-electron chi connectivity index (χ3n) is 4.23. The quantitative estimate of drug-likeness (QED) is 0.840. The molecule has 0 unspecified atom stereocenters. The maximum Gasteiger partial charge on any atom is 0.317 e.